The number of nitrogens with one attached hydrogen (secondary N) is 2. The molecule has 0 spiro atoms. The third-order valence-electron chi connectivity index (χ3n) is 2.55. The molecule has 0 radical (unpaired) electrons. The Bertz CT molecular complexity index is 605. The number of hydrogen-bond acceptors (Lipinski definition) is 7. The summed E-state index contributed by atoms with van der Waals surface area (Å²) in [6, 6.07) is 3.62. The number of rotatable bonds is 6. The maximum absolute atomic E-state index is 12.0. The molecule has 0 saturated heterocycles. The molecule has 1 atom stereocenters. The topological polar surface area (TPSA) is 80.0 Å². The third-order valence-corrected chi connectivity index (χ3v) is 4.58. The number of furan rings is 1. The van der Waals surface area contributed by atoms with Crippen molar-refractivity contribution in [3.05, 3.63) is 24.2 Å². The molecule has 2 rings (SSSR count). The van der Waals surface area contributed by atoms with Crippen LogP contribution in [0.1, 0.15) is 33.5 Å². The van der Waals surface area contributed by atoms with Gasteiger partial charge in [0.05, 0.1) is 18.1 Å². The number of anilines is 1. The third kappa shape index (κ3) is 5.34. The van der Waals surface area contributed by atoms with Gasteiger partial charge in [-0.15, -0.1) is 10.2 Å². The van der Waals surface area contributed by atoms with Gasteiger partial charge in [0, 0.05) is 5.54 Å². The molecule has 0 bridgehead atoms. The van der Waals surface area contributed by atoms with E-state index >= 15 is 0 Å². The van der Waals surface area contributed by atoms with Crippen LogP contribution in [0.2, 0.25) is 0 Å². The van der Waals surface area contributed by atoms with Crippen molar-refractivity contribution in [3.63, 3.8) is 0 Å². The zero-order valence-corrected chi connectivity index (χ0v) is 14.7. The normalized spacial score (nSPS) is 12.9. The van der Waals surface area contributed by atoms with Crippen molar-refractivity contribution in [2.75, 3.05) is 5.32 Å². The molecule has 2 aromatic heterocycles. The Morgan fingerprint density at radius 3 is 2.86 bits per heavy atom. The van der Waals surface area contributed by atoms with Crippen molar-refractivity contribution >= 4 is 34.1 Å². The lowest BCUT2D eigenvalue weighted by Crippen LogP contribution is -2.30. The molecule has 2 N–H and O–H groups in total. The van der Waals surface area contributed by atoms with Gasteiger partial charge in [0.1, 0.15) is 5.76 Å². The Morgan fingerprint density at radius 2 is 2.23 bits per heavy atom. The van der Waals surface area contributed by atoms with Gasteiger partial charge in [-0.25, -0.2) is 0 Å². The smallest absolute Gasteiger partial charge is 0.233 e. The van der Waals surface area contributed by atoms with E-state index in [1.54, 1.807) is 12.3 Å². The van der Waals surface area contributed by atoms with Crippen LogP contribution in [0.3, 0.4) is 0 Å². The minimum Gasteiger partial charge on any atom is -0.467 e. The second-order valence-electron chi connectivity index (χ2n) is 5.81. The summed E-state index contributed by atoms with van der Waals surface area (Å²) in [5.41, 5.74) is -0.0620. The van der Waals surface area contributed by atoms with E-state index in [9.17, 15) is 4.79 Å². The van der Waals surface area contributed by atoms with Crippen LogP contribution in [-0.2, 0) is 11.3 Å². The highest BCUT2D eigenvalue weighted by atomic mass is 32.2. The molecule has 1 unspecified atom stereocenters. The first-order chi connectivity index (χ1) is 10.3. The molecular weight excluding hydrogens is 320 g/mol. The number of thioether (sulfide) groups is 1. The van der Waals surface area contributed by atoms with Crippen LogP contribution in [-0.4, -0.2) is 26.9 Å². The molecule has 2 aromatic rings. The monoisotopic (exact) mass is 340 g/mol. The van der Waals surface area contributed by atoms with E-state index in [-0.39, 0.29) is 16.7 Å². The summed E-state index contributed by atoms with van der Waals surface area (Å²) in [5, 5.41) is 14.8. The average molecular weight is 340 g/mol. The Kier molecular flexibility index (Phi) is 5.47. The molecule has 0 aliphatic rings. The minimum absolute atomic E-state index is 0.0538. The Balaban J connectivity index is 1.83. The lowest BCUT2D eigenvalue weighted by atomic mass is 10.1. The summed E-state index contributed by atoms with van der Waals surface area (Å²) in [7, 11) is 0. The van der Waals surface area contributed by atoms with Crippen LogP contribution in [0.15, 0.2) is 27.2 Å². The Labute approximate surface area is 138 Å². The van der Waals surface area contributed by atoms with Gasteiger partial charge in [-0.1, -0.05) is 23.1 Å². The van der Waals surface area contributed by atoms with E-state index < -0.39 is 0 Å². The van der Waals surface area contributed by atoms with Crippen LogP contribution in [0.25, 0.3) is 0 Å². The quantitative estimate of drug-likeness (QED) is 0.787. The molecule has 0 fully saturated rings. The average Bonchev–Trinajstić information content (AvgIpc) is 3.06. The second-order valence-corrected chi connectivity index (χ2v) is 8.37. The zero-order chi connectivity index (χ0) is 16.2. The number of nitrogens with zero attached hydrogens (tertiary/aromatic N) is 2. The summed E-state index contributed by atoms with van der Waals surface area (Å²) in [4.78, 5) is 12.0. The molecule has 1 amide bonds. The predicted molar refractivity (Wildman–Crippen MR) is 89.2 cm³/mol. The first-order valence-corrected chi connectivity index (χ1v) is 8.61. The van der Waals surface area contributed by atoms with Gasteiger partial charge < -0.3 is 15.1 Å². The maximum Gasteiger partial charge on any atom is 0.233 e. The number of hydrogen-bond donors (Lipinski definition) is 2. The van der Waals surface area contributed by atoms with Crippen molar-refractivity contribution in [1.82, 2.24) is 15.5 Å². The fraction of sp³-hybridized carbons (Fsp3) is 0.500. The molecule has 2 heterocycles. The van der Waals surface area contributed by atoms with Crippen LogP contribution in [0.4, 0.5) is 5.13 Å². The van der Waals surface area contributed by atoms with E-state index in [2.05, 4.69) is 41.6 Å². The van der Waals surface area contributed by atoms with Gasteiger partial charge in [-0.2, -0.15) is 0 Å². The molecule has 8 heteroatoms. The van der Waals surface area contributed by atoms with Gasteiger partial charge >= 0.3 is 0 Å². The summed E-state index contributed by atoms with van der Waals surface area (Å²) in [6.45, 7) is 8.42. The van der Waals surface area contributed by atoms with E-state index in [4.69, 9.17) is 4.42 Å². The van der Waals surface area contributed by atoms with E-state index in [1.807, 2.05) is 13.0 Å². The van der Waals surface area contributed by atoms with Crippen molar-refractivity contribution in [1.29, 1.82) is 0 Å². The fourth-order valence-corrected chi connectivity index (χ4v) is 3.69. The summed E-state index contributed by atoms with van der Waals surface area (Å²) in [6.07, 6.45) is 1.59. The van der Waals surface area contributed by atoms with Gasteiger partial charge in [-0.05, 0) is 39.8 Å². The van der Waals surface area contributed by atoms with E-state index in [0.717, 1.165) is 15.2 Å². The molecule has 22 heavy (non-hydrogen) atoms. The van der Waals surface area contributed by atoms with Crippen molar-refractivity contribution in [3.8, 4) is 0 Å². The maximum atomic E-state index is 12.0. The lowest BCUT2D eigenvalue weighted by molar-refractivity contribution is -0.120. The lowest BCUT2D eigenvalue weighted by Gasteiger charge is -2.18. The van der Waals surface area contributed by atoms with Crippen LogP contribution in [0.5, 0.6) is 0 Å². The molecule has 0 aliphatic heterocycles. The molecule has 120 valence electrons. The number of aromatic nitrogens is 2. The van der Waals surface area contributed by atoms with Gasteiger partial charge in [0.25, 0.3) is 0 Å². The fourth-order valence-electron chi connectivity index (χ4n) is 1.56. The first-order valence-electron chi connectivity index (χ1n) is 6.92. The molecule has 6 nitrogen and oxygen atoms in total. The van der Waals surface area contributed by atoms with Crippen molar-refractivity contribution < 1.29 is 9.21 Å². The highest BCUT2D eigenvalue weighted by Crippen LogP contribution is 2.30. The van der Waals surface area contributed by atoms with Gasteiger partial charge in [0.15, 0.2) is 4.34 Å². The summed E-state index contributed by atoms with van der Waals surface area (Å²) in [5.74, 6) is 0.681. The van der Waals surface area contributed by atoms with E-state index in [0.29, 0.717) is 6.54 Å². The molecule has 0 aromatic carbocycles. The largest absolute Gasteiger partial charge is 0.467 e. The highest BCUT2D eigenvalue weighted by Gasteiger charge is 2.18. The van der Waals surface area contributed by atoms with Gasteiger partial charge in [0.2, 0.25) is 11.0 Å². The Morgan fingerprint density at radius 1 is 1.45 bits per heavy atom. The van der Waals surface area contributed by atoms with Crippen LogP contribution < -0.4 is 10.6 Å². The minimum atomic E-state index is -0.245. The predicted octanol–water partition coefficient (Wildman–Crippen LogP) is 3.14. The summed E-state index contributed by atoms with van der Waals surface area (Å²) < 4.78 is 5.95. The number of carbonyl (C=O) groups excluding carboxylic acids is 1. The second kappa shape index (κ2) is 7.15. The highest BCUT2D eigenvalue weighted by molar-refractivity contribution is 8.02. The summed E-state index contributed by atoms with van der Waals surface area (Å²) >= 11 is 2.85. The molecule has 0 saturated carbocycles. The van der Waals surface area contributed by atoms with Crippen molar-refractivity contribution in [2.45, 2.75) is 49.4 Å². The Hall–Kier alpha value is -1.54. The van der Waals surface area contributed by atoms with E-state index in [1.165, 1.54) is 23.1 Å². The SMILES string of the molecule is CC(Sc1nnc(NC(C)(C)C)s1)C(=O)NCc1ccco1. The van der Waals surface area contributed by atoms with Crippen molar-refractivity contribution in [2.24, 2.45) is 0 Å². The first kappa shape index (κ1) is 16.8. The van der Waals surface area contributed by atoms with Crippen LogP contribution >= 0.6 is 23.1 Å². The number of carbonyl (C=O) groups is 1. The zero-order valence-electron chi connectivity index (χ0n) is 13.0. The van der Waals surface area contributed by atoms with Crippen LogP contribution in [0, 0.1) is 0 Å². The van der Waals surface area contributed by atoms with Gasteiger partial charge in [-0.3, -0.25) is 4.79 Å². The number of amides is 1. The standard InChI is InChI=1S/C14H20N4O2S2/c1-9(11(19)15-8-10-6-5-7-20-10)21-13-18-17-12(22-13)16-14(2,3)4/h5-7,9H,8H2,1-4H3,(H,15,19)(H,16,17). The molecule has 0 aliphatic carbocycles. The molecular formula is C14H20N4O2S2.